The molecule has 3 aliphatic rings. The quantitative estimate of drug-likeness (QED) is 0.800. The average Bonchev–Trinajstić information content (AvgIpc) is 2.62. The van der Waals surface area contributed by atoms with Crippen LogP contribution in [-0.4, -0.2) is 47.9 Å². The van der Waals surface area contributed by atoms with Crippen molar-refractivity contribution in [1.29, 1.82) is 0 Å². The maximum Gasteiger partial charge on any atom is 0.225 e. The molecule has 1 saturated heterocycles. The van der Waals surface area contributed by atoms with Crippen LogP contribution in [0.15, 0.2) is 24.3 Å². The summed E-state index contributed by atoms with van der Waals surface area (Å²) < 4.78 is 0. The summed E-state index contributed by atoms with van der Waals surface area (Å²) in [6, 6.07) is 9.09. The van der Waals surface area contributed by atoms with E-state index in [4.69, 9.17) is 5.73 Å². The van der Waals surface area contributed by atoms with Crippen LogP contribution in [0.2, 0.25) is 0 Å². The highest BCUT2D eigenvalue weighted by molar-refractivity contribution is 5.85. The van der Waals surface area contributed by atoms with Crippen LogP contribution < -0.4 is 5.73 Å². The van der Waals surface area contributed by atoms with Gasteiger partial charge in [0.05, 0.1) is 0 Å². The summed E-state index contributed by atoms with van der Waals surface area (Å²) in [6.45, 7) is 6.86. The van der Waals surface area contributed by atoms with Gasteiger partial charge in [0.1, 0.15) is 0 Å². The first-order valence-electron chi connectivity index (χ1n) is 10.4. The first-order valence-corrected chi connectivity index (χ1v) is 10.4. The summed E-state index contributed by atoms with van der Waals surface area (Å²) in [5, 5.41) is 0. The number of rotatable bonds is 3. The largest absolute Gasteiger partial charge is 0.340 e. The minimum absolute atomic E-state index is 0. The van der Waals surface area contributed by atoms with Crippen molar-refractivity contribution in [2.75, 3.05) is 26.2 Å². The fourth-order valence-corrected chi connectivity index (χ4v) is 5.44. The van der Waals surface area contributed by atoms with E-state index in [1.165, 1.54) is 30.4 Å². The molecule has 4 nitrogen and oxygen atoms in total. The Morgan fingerprint density at radius 3 is 2.32 bits per heavy atom. The van der Waals surface area contributed by atoms with Gasteiger partial charge in [0.2, 0.25) is 5.91 Å². The van der Waals surface area contributed by atoms with Crippen molar-refractivity contribution in [2.24, 2.45) is 23.5 Å². The molecular weight excluding hydrogens is 393 g/mol. The zero-order valence-electron chi connectivity index (χ0n) is 16.9. The minimum Gasteiger partial charge on any atom is -0.340 e. The van der Waals surface area contributed by atoms with Crippen LogP contribution >= 0.6 is 24.8 Å². The smallest absolute Gasteiger partial charge is 0.225 e. The number of amides is 1. The molecule has 1 aliphatic heterocycles. The Kier molecular flexibility index (Phi) is 8.62. The topological polar surface area (TPSA) is 49.6 Å². The maximum atomic E-state index is 13.1. The van der Waals surface area contributed by atoms with Crippen LogP contribution in [-0.2, 0) is 11.3 Å². The summed E-state index contributed by atoms with van der Waals surface area (Å²) in [6.07, 6.45) is 5.82. The number of halogens is 2. The lowest BCUT2D eigenvalue weighted by molar-refractivity contribution is -0.140. The monoisotopic (exact) mass is 427 g/mol. The molecule has 0 radical (unpaired) electrons. The predicted molar refractivity (Wildman–Crippen MR) is 119 cm³/mol. The second-order valence-corrected chi connectivity index (χ2v) is 8.79. The van der Waals surface area contributed by atoms with Crippen LogP contribution in [0.3, 0.4) is 0 Å². The minimum atomic E-state index is 0. The standard InChI is InChI=1S/C22H33N3O.2ClH/c1-16-4-2-5-17(12-16)15-24-8-10-25(11-9-24)22(26)20-13-18-6-3-7-19(14-20)21(18)23;;/h2,4-5,12,18-21H,3,6-11,13-15,23H2,1H3;2*1H. The third-order valence-electron chi connectivity index (χ3n) is 6.93. The summed E-state index contributed by atoms with van der Waals surface area (Å²) >= 11 is 0. The van der Waals surface area contributed by atoms with E-state index in [1.54, 1.807) is 0 Å². The van der Waals surface area contributed by atoms with Crippen molar-refractivity contribution in [1.82, 2.24) is 9.80 Å². The zero-order valence-corrected chi connectivity index (χ0v) is 18.5. The van der Waals surface area contributed by atoms with Gasteiger partial charge in [0, 0.05) is 44.7 Å². The average molecular weight is 428 g/mol. The first-order chi connectivity index (χ1) is 12.6. The Bertz CT molecular complexity index is 634. The fourth-order valence-electron chi connectivity index (χ4n) is 5.44. The Balaban J connectivity index is 0.00000140. The van der Waals surface area contributed by atoms with Gasteiger partial charge in [-0.2, -0.15) is 0 Å². The molecule has 1 amide bonds. The van der Waals surface area contributed by atoms with Gasteiger partial charge in [-0.15, -0.1) is 24.8 Å². The third kappa shape index (κ3) is 5.21. The van der Waals surface area contributed by atoms with E-state index in [0.29, 0.717) is 23.8 Å². The number of aryl methyl sites for hydroxylation is 1. The molecule has 2 N–H and O–H groups in total. The molecule has 158 valence electrons. The SMILES string of the molecule is Cc1cccc(CN2CCN(C(=O)C3CC4CCCC(C3)C4N)CC2)c1.Cl.Cl. The first kappa shape index (κ1) is 23.5. The molecule has 28 heavy (non-hydrogen) atoms. The van der Waals surface area contributed by atoms with Crippen LogP contribution in [0.4, 0.5) is 0 Å². The van der Waals surface area contributed by atoms with Gasteiger partial charge in [0.15, 0.2) is 0 Å². The van der Waals surface area contributed by atoms with Crippen molar-refractivity contribution in [3.63, 3.8) is 0 Å². The van der Waals surface area contributed by atoms with Crippen molar-refractivity contribution in [2.45, 2.75) is 51.6 Å². The van der Waals surface area contributed by atoms with Crippen LogP contribution in [0.1, 0.15) is 43.2 Å². The molecule has 1 aromatic carbocycles. The lowest BCUT2D eigenvalue weighted by atomic mass is 9.65. The molecule has 2 atom stereocenters. The summed E-state index contributed by atoms with van der Waals surface area (Å²) in [5.41, 5.74) is 9.09. The van der Waals surface area contributed by atoms with Gasteiger partial charge in [-0.1, -0.05) is 36.2 Å². The lowest BCUT2D eigenvalue weighted by Crippen LogP contribution is -2.53. The summed E-state index contributed by atoms with van der Waals surface area (Å²) in [7, 11) is 0. The molecule has 2 aliphatic carbocycles. The van der Waals surface area contributed by atoms with Gasteiger partial charge < -0.3 is 10.6 Å². The van der Waals surface area contributed by atoms with Gasteiger partial charge in [-0.25, -0.2) is 0 Å². The molecule has 0 aromatic heterocycles. The second-order valence-electron chi connectivity index (χ2n) is 8.79. The number of hydrogen-bond acceptors (Lipinski definition) is 3. The van der Waals surface area contributed by atoms with E-state index in [-0.39, 0.29) is 30.7 Å². The van der Waals surface area contributed by atoms with Crippen molar-refractivity contribution in [3.8, 4) is 0 Å². The van der Waals surface area contributed by atoms with Crippen LogP contribution in [0.25, 0.3) is 0 Å². The number of fused-ring (bicyclic) bond motifs is 2. The number of carbonyl (C=O) groups is 1. The molecular formula is C22H35Cl2N3O. The van der Waals surface area contributed by atoms with Crippen LogP contribution in [0, 0.1) is 24.7 Å². The molecule has 2 saturated carbocycles. The van der Waals surface area contributed by atoms with Crippen molar-refractivity contribution >= 4 is 30.7 Å². The summed E-state index contributed by atoms with van der Waals surface area (Å²) in [4.78, 5) is 17.7. The van der Waals surface area contributed by atoms with E-state index >= 15 is 0 Å². The second kappa shape index (κ2) is 10.3. The summed E-state index contributed by atoms with van der Waals surface area (Å²) in [5.74, 6) is 1.80. The molecule has 2 unspecified atom stereocenters. The molecule has 2 bridgehead atoms. The van der Waals surface area contributed by atoms with Crippen molar-refractivity contribution in [3.05, 3.63) is 35.4 Å². The van der Waals surface area contributed by atoms with E-state index in [1.807, 2.05) is 0 Å². The van der Waals surface area contributed by atoms with Gasteiger partial charge in [-0.3, -0.25) is 9.69 Å². The Hall–Kier alpha value is -0.810. The highest BCUT2D eigenvalue weighted by Gasteiger charge is 2.41. The Morgan fingerprint density at radius 2 is 1.71 bits per heavy atom. The Labute approximate surface area is 182 Å². The van der Waals surface area contributed by atoms with Gasteiger partial charge in [0.25, 0.3) is 0 Å². The molecule has 6 heteroatoms. The van der Waals surface area contributed by atoms with Crippen LogP contribution in [0.5, 0.6) is 0 Å². The number of piperazine rings is 1. The molecule has 1 aromatic rings. The fraction of sp³-hybridized carbons (Fsp3) is 0.682. The number of benzene rings is 1. The number of nitrogens with two attached hydrogens (primary N) is 1. The van der Waals surface area contributed by atoms with Gasteiger partial charge >= 0.3 is 0 Å². The van der Waals surface area contributed by atoms with E-state index < -0.39 is 0 Å². The van der Waals surface area contributed by atoms with E-state index in [9.17, 15) is 4.79 Å². The predicted octanol–water partition coefficient (Wildman–Crippen LogP) is 3.64. The maximum absolute atomic E-state index is 13.1. The van der Waals surface area contributed by atoms with E-state index in [0.717, 1.165) is 45.6 Å². The normalized spacial score (nSPS) is 30.1. The molecule has 0 spiro atoms. The number of hydrogen-bond donors (Lipinski definition) is 1. The van der Waals surface area contributed by atoms with Crippen molar-refractivity contribution < 1.29 is 4.79 Å². The third-order valence-corrected chi connectivity index (χ3v) is 6.93. The number of carbonyl (C=O) groups excluding carboxylic acids is 1. The molecule has 3 fully saturated rings. The highest BCUT2D eigenvalue weighted by Crippen LogP contribution is 2.42. The molecule has 4 rings (SSSR count). The highest BCUT2D eigenvalue weighted by atomic mass is 35.5. The van der Waals surface area contributed by atoms with E-state index in [2.05, 4.69) is 41.0 Å². The lowest BCUT2D eigenvalue weighted by Gasteiger charge is -2.45. The Morgan fingerprint density at radius 1 is 1.07 bits per heavy atom. The number of nitrogens with zero attached hydrogens (tertiary/aromatic N) is 2. The zero-order chi connectivity index (χ0) is 18.1. The van der Waals surface area contributed by atoms with Gasteiger partial charge in [-0.05, 0) is 50.0 Å². The molecule has 1 heterocycles.